The number of ketones is 1. The van der Waals surface area contributed by atoms with E-state index in [-0.39, 0.29) is 25.3 Å². The molecule has 35 heavy (non-hydrogen) atoms. The minimum absolute atomic E-state index is 0.00498. The van der Waals surface area contributed by atoms with E-state index in [2.05, 4.69) is 30.6 Å². The van der Waals surface area contributed by atoms with E-state index >= 15 is 0 Å². The molecule has 0 aliphatic rings. The quantitative estimate of drug-likeness (QED) is 0.338. The number of nitrogens with zero attached hydrogens (tertiary/aromatic N) is 5. The fraction of sp³-hybridized carbons (Fsp3) is 0.591. The lowest BCUT2D eigenvalue weighted by Crippen LogP contribution is -2.49. The molecular formula is C22H33N7O6. The third-order valence-electron chi connectivity index (χ3n) is 5.25. The summed E-state index contributed by atoms with van der Waals surface area (Å²) in [6.07, 6.45) is 2.41. The van der Waals surface area contributed by atoms with Gasteiger partial charge in [-0.3, -0.25) is 28.6 Å². The van der Waals surface area contributed by atoms with Crippen molar-refractivity contribution in [1.29, 1.82) is 0 Å². The van der Waals surface area contributed by atoms with Crippen LogP contribution in [0.1, 0.15) is 51.0 Å². The molecule has 13 nitrogen and oxygen atoms in total. The van der Waals surface area contributed by atoms with Crippen molar-refractivity contribution < 1.29 is 24.1 Å². The first kappa shape index (κ1) is 27.6. The highest BCUT2D eigenvalue weighted by atomic mass is 16.6. The molecule has 192 valence electrons. The second-order valence-electron chi connectivity index (χ2n) is 8.78. The van der Waals surface area contributed by atoms with Crippen molar-refractivity contribution >= 4 is 23.5 Å². The van der Waals surface area contributed by atoms with E-state index < -0.39 is 41.7 Å². The van der Waals surface area contributed by atoms with Crippen LogP contribution in [0, 0.1) is 12.8 Å². The van der Waals surface area contributed by atoms with Gasteiger partial charge in [0.05, 0.1) is 25.6 Å². The summed E-state index contributed by atoms with van der Waals surface area (Å²) < 4.78 is 5.83. The van der Waals surface area contributed by atoms with E-state index in [0.29, 0.717) is 23.9 Å². The predicted molar refractivity (Wildman–Crippen MR) is 126 cm³/mol. The lowest BCUT2D eigenvalue weighted by Gasteiger charge is -2.24. The number of hydrogen-bond donors (Lipinski definition) is 3. The van der Waals surface area contributed by atoms with Gasteiger partial charge in [0, 0.05) is 18.9 Å². The van der Waals surface area contributed by atoms with Crippen molar-refractivity contribution in [3.8, 4) is 0 Å². The van der Waals surface area contributed by atoms with Crippen molar-refractivity contribution in [3.63, 3.8) is 0 Å². The van der Waals surface area contributed by atoms with Crippen molar-refractivity contribution in [2.45, 2.75) is 59.2 Å². The number of amides is 1. The first-order chi connectivity index (χ1) is 16.5. The molecule has 0 bridgehead atoms. The van der Waals surface area contributed by atoms with Gasteiger partial charge in [-0.25, -0.2) is 9.61 Å². The molecule has 0 aliphatic carbocycles. The van der Waals surface area contributed by atoms with Crippen molar-refractivity contribution in [1.82, 2.24) is 30.1 Å². The van der Waals surface area contributed by atoms with Crippen LogP contribution in [0.3, 0.4) is 0 Å². The zero-order valence-corrected chi connectivity index (χ0v) is 20.6. The molecule has 3 N–H and O–H groups in total. The van der Waals surface area contributed by atoms with Crippen LogP contribution in [0.5, 0.6) is 0 Å². The third kappa shape index (κ3) is 7.98. The van der Waals surface area contributed by atoms with Gasteiger partial charge >= 0.3 is 5.97 Å². The molecule has 0 spiro atoms. The van der Waals surface area contributed by atoms with Crippen LogP contribution < -0.4 is 16.2 Å². The average Bonchev–Trinajstić information content (AvgIpc) is 3.17. The number of carboxylic acids is 1. The second kappa shape index (κ2) is 12.7. The van der Waals surface area contributed by atoms with Crippen LogP contribution in [0.25, 0.3) is 0 Å². The maximum atomic E-state index is 13.1. The summed E-state index contributed by atoms with van der Waals surface area (Å²) in [6.45, 7) is 8.20. The predicted octanol–water partition coefficient (Wildman–Crippen LogP) is 0.614. The van der Waals surface area contributed by atoms with E-state index in [0.717, 1.165) is 0 Å². The maximum absolute atomic E-state index is 13.1. The molecule has 0 saturated heterocycles. The summed E-state index contributed by atoms with van der Waals surface area (Å²) in [7, 11) is 1.76. The Morgan fingerprint density at radius 3 is 2.54 bits per heavy atom. The number of carboxylic acid groups (broad SMARTS) is 1. The molecule has 1 amide bonds. The van der Waals surface area contributed by atoms with E-state index in [1.54, 1.807) is 25.8 Å². The van der Waals surface area contributed by atoms with E-state index in [1.807, 2.05) is 13.8 Å². The van der Waals surface area contributed by atoms with Gasteiger partial charge in [0.2, 0.25) is 5.91 Å². The number of likely N-dealkylation sites (N-methyl/N-ethyl adjacent to an activating group) is 1. The van der Waals surface area contributed by atoms with Gasteiger partial charge in [0.25, 0.3) is 5.56 Å². The number of aryl methyl sites for hydroxylation is 1. The highest BCUT2D eigenvalue weighted by Gasteiger charge is 2.29. The summed E-state index contributed by atoms with van der Waals surface area (Å²) in [6, 6.07) is -2.19. The molecule has 2 unspecified atom stereocenters. The van der Waals surface area contributed by atoms with Gasteiger partial charge in [-0.15, -0.1) is 0 Å². The zero-order chi connectivity index (χ0) is 26.1. The number of Topliss-reactive ketones (excluding diaryl/α,β-unsaturated/α-hetero) is 1. The van der Waals surface area contributed by atoms with Crippen LogP contribution >= 0.6 is 0 Å². The smallest absolute Gasteiger partial charge is 0.305 e. The summed E-state index contributed by atoms with van der Waals surface area (Å²) in [4.78, 5) is 56.0. The maximum Gasteiger partial charge on any atom is 0.305 e. The normalized spacial score (nSPS) is 13.0. The summed E-state index contributed by atoms with van der Waals surface area (Å²) in [5.41, 5.74) is 0.512. The van der Waals surface area contributed by atoms with Gasteiger partial charge in [-0.2, -0.15) is 0 Å². The Hall–Kier alpha value is -3.61. The molecule has 2 rings (SSSR count). The Labute approximate surface area is 202 Å². The van der Waals surface area contributed by atoms with Crippen molar-refractivity contribution in [3.05, 3.63) is 34.1 Å². The van der Waals surface area contributed by atoms with Crippen LogP contribution in [-0.2, 0) is 20.9 Å². The van der Waals surface area contributed by atoms with E-state index in [4.69, 9.17) is 0 Å². The number of rotatable bonds is 14. The fourth-order valence-electron chi connectivity index (χ4n) is 3.63. The molecule has 2 aromatic heterocycles. The lowest BCUT2D eigenvalue weighted by molar-refractivity contribution is -0.140. The first-order valence-electron chi connectivity index (χ1n) is 11.4. The number of hydrogen-bond acceptors (Lipinski definition) is 10. The molecule has 2 atom stereocenters. The molecule has 0 aliphatic heterocycles. The first-order valence-corrected chi connectivity index (χ1v) is 11.4. The molecule has 0 saturated carbocycles. The van der Waals surface area contributed by atoms with E-state index in [1.165, 1.54) is 17.0 Å². The number of anilines is 1. The minimum Gasteiger partial charge on any atom is -0.481 e. The van der Waals surface area contributed by atoms with Crippen molar-refractivity contribution in [2.24, 2.45) is 5.92 Å². The zero-order valence-electron chi connectivity index (χ0n) is 20.6. The molecule has 0 radical (unpaired) electrons. The number of aliphatic carboxylic acids is 1. The number of carbonyl (C=O) groups is 3. The number of nitrogens with one attached hydrogen (secondary N) is 2. The van der Waals surface area contributed by atoms with Gasteiger partial charge in [-0.1, -0.05) is 31.1 Å². The van der Waals surface area contributed by atoms with Crippen molar-refractivity contribution in [2.75, 3.05) is 25.5 Å². The lowest BCUT2D eigenvalue weighted by atomic mass is 10.1. The second-order valence-corrected chi connectivity index (χ2v) is 8.78. The molecule has 13 heteroatoms. The Balaban J connectivity index is 2.18. The number of aromatic nitrogens is 4. The topological polar surface area (TPSA) is 173 Å². The fourth-order valence-corrected chi connectivity index (χ4v) is 3.63. The van der Waals surface area contributed by atoms with Crippen LogP contribution in [0.4, 0.5) is 5.82 Å². The third-order valence-corrected chi connectivity index (χ3v) is 5.25. The highest BCUT2D eigenvalue weighted by molar-refractivity contribution is 5.93. The summed E-state index contributed by atoms with van der Waals surface area (Å²) >= 11 is 0. The van der Waals surface area contributed by atoms with Crippen LogP contribution in [0.2, 0.25) is 0 Å². The molecule has 0 aromatic carbocycles. The van der Waals surface area contributed by atoms with Gasteiger partial charge in [-0.05, 0) is 26.3 Å². The Bertz CT molecular complexity index is 1080. The Morgan fingerprint density at radius 1 is 1.26 bits per heavy atom. The monoisotopic (exact) mass is 491 g/mol. The number of carbonyl (C=O) groups excluding carboxylic acids is 2. The van der Waals surface area contributed by atoms with Gasteiger partial charge < -0.3 is 15.7 Å². The Kier molecular flexibility index (Phi) is 10.1. The Morgan fingerprint density at radius 2 is 1.97 bits per heavy atom. The minimum atomic E-state index is -1.22. The van der Waals surface area contributed by atoms with Crippen LogP contribution in [-0.4, -0.2) is 73.7 Å². The largest absolute Gasteiger partial charge is 0.481 e. The SMILES string of the molecule is CCC(C(=O)NC(CC(=O)O)C(=O)CN(C)CC(C)C)n1ccnc(NCc2nonc2C)c1=O. The molecule has 2 aromatic rings. The summed E-state index contributed by atoms with van der Waals surface area (Å²) in [5, 5.41) is 22.1. The van der Waals surface area contributed by atoms with Gasteiger partial charge in [0.15, 0.2) is 11.6 Å². The average molecular weight is 492 g/mol. The summed E-state index contributed by atoms with van der Waals surface area (Å²) in [5.74, 6) is -1.95. The van der Waals surface area contributed by atoms with Crippen LogP contribution in [0.15, 0.2) is 21.8 Å². The standard InChI is InChI=1S/C22H33N7O6/c1-6-17(21(33)25-15(9-19(31)32)18(30)12-28(5)11-13(2)3)29-8-7-23-20(22(29)34)24-10-16-14(4)26-35-27-16/h7-8,13,15,17H,6,9-12H2,1-5H3,(H,23,24)(H,25,33)(H,31,32). The van der Waals surface area contributed by atoms with E-state index in [9.17, 15) is 24.3 Å². The molecular weight excluding hydrogens is 458 g/mol. The molecule has 0 fully saturated rings. The molecule has 2 heterocycles. The van der Waals surface area contributed by atoms with Gasteiger partial charge in [0.1, 0.15) is 17.4 Å². The highest BCUT2D eigenvalue weighted by Crippen LogP contribution is 2.12.